The van der Waals surface area contributed by atoms with E-state index in [9.17, 15) is 9.59 Å². The van der Waals surface area contributed by atoms with Gasteiger partial charge < -0.3 is 16.2 Å². The number of aliphatic hydroxyl groups is 1. The van der Waals surface area contributed by atoms with Crippen LogP contribution in [0.1, 0.15) is 19.8 Å². The molecule has 5 nitrogen and oxygen atoms in total. The molecule has 0 spiro atoms. The SMILES string of the molecule is CC1(C(=O)NCC(O)C(N)=O)CCCS1. The standard InChI is InChI=1S/C9H16N2O3S/c1-9(3-2-4-15-9)8(14)11-5-6(12)7(10)13/h6,12H,2-5H2,1H3,(H2,10,13)(H,11,14). The summed E-state index contributed by atoms with van der Waals surface area (Å²) in [5.41, 5.74) is 4.86. The zero-order valence-corrected chi connectivity index (χ0v) is 9.47. The molecule has 1 aliphatic rings. The Bertz CT molecular complexity index is 264. The highest BCUT2D eigenvalue weighted by atomic mass is 32.2. The Labute approximate surface area is 92.8 Å². The molecule has 2 atom stereocenters. The zero-order chi connectivity index (χ0) is 11.5. The number of primary amides is 1. The van der Waals surface area contributed by atoms with E-state index in [4.69, 9.17) is 10.8 Å². The quantitative estimate of drug-likeness (QED) is 0.593. The van der Waals surface area contributed by atoms with Crippen LogP contribution in [0.25, 0.3) is 0 Å². The summed E-state index contributed by atoms with van der Waals surface area (Å²) in [4.78, 5) is 22.2. The number of nitrogens with one attached hydrogen (secondary N) is 1. The average molecular weight is 232 g/mol. The first-order chi connectivity index (χ1) is 6.96. The molecule has 2 unspecified atom stereocenters. The summed E-state index contributed by atoms with van der Waals surface area (Å²) in [5.74, 6) is 0.0206. The molecule has 0 aromatic heterocycles. The van der Waals surface area contributed by atoms with Gasteiger partial charge in [0.2, 0.25) is 11.8 Å². The molecule has 0 saturated carbocycles. The predicted molar refractivity (Wildman–Crippen MR) is 58.3 cm³/mol. The molecule has 2 amide bonds. The number of nitrogens with two attached hydrogens (primary N) is 1. The van der Waals surface area contributed by atoms with Crippen molar-refractivity contribution in [3.05, 3.63) is 0 Å². The van der Waals surface area contributed by atoms with Crippen LogP contribution in [0, 0.1) is 0 Å². The first-order valence-corrected chi connectivity index (χ1v) is 5.84. The van der Waals surface area contributed by atoms with E-state index in [0.29, 0.717) is 0 Å². The van der Waals surface area contributed by atoms with E-state index in [1.807, 2.05) is 6.92 Å². The molecular weight excluding hydrogens is 216 g/mol. The molecule has 0 aliphatic carbocycles. The number of hydrogen-bond donors (Lipinski definition) is 3. The Morgan fingerprint density at radius 2 is 2.33 bits per heavy atom. The molecule has 1 saturated heterocycles. The number of carbonyl (C=O) groups excluding carboxylic acids is 2. The van der Waals surface area contributed by atoms with Crippen molar-refractivity contribution in [2.45, 2.75) is 30.6 Å². The van der Waals surface area contributed by atoms with Gasteiger partial charge in [0, 0.05) is 0 Å². The lowest BCUT2D eigenvalue weighted by Gasteiger charge is -2.21. The molecule has 6 heteroatoms. The van der Waals surface area contributed by atoms with Gasteiger partial charge in [-0.05, 0) is 25.5 Å². The van der Waals surface area contributed by atoms with E-state index in [2.05, 4.69) is 5.32 Å². The first kappa shape index (κ1) is 12.3. The summed E-state index contributed by atoms with van der Waals surface area (Å²) in [6.45, 7) is 1.76. The van der Waals surface area contributed by atoms with E-state index in [1.165, 1.54) is 0 Å². The fourth-order valence-electron chi connectivity index (χ4n) is 1.44. The van der Waals surface area contributed by atoms with Crippen molar-refractivity contribution >= 4 is 23.6 Å². The van der Waals surface area contributed by atoms with Gasteiger partial charge >= 0.3 is 0 Å². The summed E-state index contributed by atoms with van der Waals surface area (Å²) in [5, 5.41) is 11.6. The Kier molecular flexibility index (Phi) is 3.98. The maximum absolute atomic E-state index is 11.7. The van der Waals surface area contributed by atoms with Crippen LogP contribution in [-0.4, -0.2) is 40.1 Å². The number of carbonyl (C=O) groups is 2. The Hall–Kier alpha value is -0.750. The van der Waals surface area contributed by atoms with Gasteiger partial charge in [0.1, 0.15) is 6.10 Å². The van der Waals surface area contributed by atoms with Crippen molar-refractivity contribution in [1.82, 2.24) is 5.32 Å². The molecule has 0 aromatic rings. The van der Waals surface area contributed by atoms with Gasteiger partial charge in [-0.1, -0.05) is 0 Å². The smallest absolute Gasteiger partial charge is 0.248 e. The van der Waals surface area contributed by atoms with Gasteiger partial charge in [0.05, 0.1) is 11.3 Å². The maximum atomic E-state index is 11.7. The third-order valence-corrected chi connectivity index (χ3v) is 4.00. The fourth-order valence-corrected chi connectivity index (χ4v) is 2.67. The van der Waals surface area contributed by atoms with Gasteiger partial charge in [-0.15, -0.1) is 11.8 Å². The van der Waals surface area contributed by atoms with Crippen molar-refractivity contribution in [2.24, 2.45) is 5.73 Å². The van der Waals surface area contributed by atoms with Crippen LogP contribution in [0.4, 0.5) is 0 Å². The Morgan fingerprint density at radius 3 is 2.80 bits per heavy atom. The second-order valence-electron chi connectivity index (χ2n) is 3.81. The zero-order valence-electron chi connectivity index (χ0n) is 8.66. The lowest BCUT2D eigenvalue weighted by Crippen LogP contribution is -2.46. The third kappa shape index (κ3) is 3.10. The lowest BCUT2D eigenvalue weighted by atomic mass is 10.0. The van der Waals surface area contributed by atoms with Gasteiger partial charge in [-0.3, -0.25) is 9.59 Å². The highest BCUT2D eigenvalue weighted by Crippen LogP contribution is 2.37. The van der Waals surface area contributed by atoms with Crippen LogP contribution < -0.4 is 11.1 Å². The molecule has 1 fully saturated rings. The molecule has 4 N–H and O–H groups in total. The van der Waals surface area contributed by atoms with Crippen molar-refractivity contribution in [3.63, 3.8) is 0 Å². The number of aliphatic hydroxyl groups excluding tert-OH is 1. The second kappa shape index (κ2) is 4.85. The summed E-state index contributed by atoms with van der Waals surface area (Å²) in [7, 11) is 0. The lowest BCUT2D eigenvalue weighted by molar-refractivity contribution is -0.127. The first-order valence-electron chi connectivity index (χ1n) is 4.85. The average Bonchev–Trinajstić information content (AvgIpc) is 2.62. The molecule has 86 valence electrons. The fraction of sp³-hybridized carbons (Fsp3) is 0.778. The van der Waals surface area contributed by atoms with Crippen LogP contribution in [0.2, 0.25) is 0 Å². The summed E-state index contributed by atoms with van der Waals surface area (Å²) >= 11 is 1.60. The number of amides is 2. The van der Waals surface area contributed by atoms with Crippen molar-refractivity contribution in [2.75, 3.05) is 12.3 Å². The van der Waals surface area contributed by atoms with Crippen LogP contribution >= 0.6 is 11.8 Å². The highest BCUT2D eigenvalue weighted by molar-refractivity contribution is 8.01. The van der Waals surface area contributed by atoms with Crippen LogP contribution in [0.3, 0.4) is 0 Å². The topological polar surface area (TPSA) is 92.4 Å². The molecular formula is C9H16N2O3S. The van der Waals surface area contributed by atoms with Crippen molar-refractivity contribution < 1.29 is 14.7 Å². The number of thioether (sulfide) groups is 1. The second-order valence-corrected chi connectivity index (χ2v) is 5.41. The number of rotatable bonds is 4. The summed E-state index contributed by atoms with van der Waals surface area (Å²) in [6.07, 6.45) is 0.548. The van der Waals surface area contributed by atoms with E-state index in [0.717, 1.165) is 18.6 Å². The van der Waals surface area contributed by atoms with Crippen LogP contribution in [-0.2, 0) is 9.59 Å². The molecule has 1 rings (SSSR count). The minimum absolute atomic E-state index is 0.107. The molecule has 0 aromatic carbocycles. The minimum atomic E-state index is -1.30. The summed E-state index contributed by atoms with van der Waals surface area (Å²) in [6, 6.07) is 0. The monoisotopic (exact) mass is 232 g/mol. The highest BCUT2D eigenvalue weighted by Gasteiger charge is 2.37. The van der Waals surface area contributed by atoms with Gasteiger partial charge in [-0.25, -0.2) is 0 Å². The molecule has 0 radical (unpaired) electrons. The van der Waals surface area contributed by atoms with E-state index in [-0.39, 0.29) is 12.5 Å². The van der Waals surface area contributed by atoms with E-state index >= 15 is 0 Å². The van der Waals surface area contributed by atoms with E-state index in [1.54, 1.807) is 11.8 Å². The minimum Gasteiger partial charge on any atom is -0.381 e. The molecule has 1 aliphatic heterocycles. The third-order valence-electron chi connectivity index (χ3n) is 2.48. The van der Waals surface area contributed by atoms with Crippen LogP contribution in [0.15, 0.2) is 0 Å². The van der Waals surface area contributed by atoms with Crippen molar-refractivity contribution in [1.29, 1.82) is 0 Å². The summed E-state index contributed by atoms with van der Waals surface area (Å²) < 4.78 is -0.419. The maximum Gasteiger partial charge on any atom is 0.248 e. The normalized spacial score (nSPS) is 27.3. The molecule has 15 heavy (non-hydrogen) atoms. The largest absolute Gasteiger partial charge is 0.381 e. The Morgan fingerprint density at radius 1 is 1.67 bits per heavy atom. The van der Waals surface area contributed by atoms with Gasteiger partial charge in [0.15, 0.2) is 0 Å². The molecule has 0 bridgehead atoms. The van der Waals surface area contributed by atoms with Crippen molar-refractivity contribution in [3.8, 4) is 0 Å². The number of hydrogen-bond acceptors (Lipinski definition) is 4. The van der Waals surface area contributed by atoms with Gasteiger partial charge in [-0.2, -0.15) is 0 Å². The van der Waals surface area contributed by atoms with Gasteiger partial charge in [0.25, 0.3) is 0 Å². The van der Waals surface area contributed by atoms with E-state index < -0.39 is 16.8 Å². The Balaban J connectivity index is 2.39. The predicted octanol–water partition coefficient (Wildman–Crippen LogP) is -0.766. The van der Waals surface area contributed by atoms with Crippen LogP contribution in [0.5, 0.6) is 0 Å². The molecule has 1 heterocycles.